The molecule has 2 rings (SSSR count). The Kier molecular flexibility index (Phi) is 4.14. The lowest BCUT2D eigenvalue weighted by Gasteiger charge is -2.05. The highest BCUT2D eigenvalue weighted by molar-refractivity contribution is 7.98. The lowest BCUT2D eigenvalue weighted by Crippen LogP contribution is -1.84. The molecule has 0 heterocycles. The van der Waals surface area contributed by atoms with Gasteiger partial charge in [-0.25, -0.2) is 0 Å². The number of rotatable bonds is 3. The van der Waals surface area contributed by atoms with E-state index in [1.54, 1.807) is 42.1 Å². The number of phenolic OH excluding ortho intramolecular Hbond substituents is 1. The van der Waals surface area contributed by atoms with Crippen LogP contribution < -0.4 is 0 Å². The second kappa shape index (κ2) is 5.81. The van der Waals surface area contributed by atoms with Crippen LogP contribution in [0.5, 0.6) is 5.75 Å². The van der Waals surface area contributed by atoms with Crippen LogP contribution in [0.1, 0.15) is 11.1 Å². The normalized spacial score (nSPS) is 10.0. The molecule has 0 saturated heterocycles. The largest absolute Gasteiger partial charge is 0.508 e. The molecule has 2 nitrogen and oxygen atoms in total. The molecule has 0 bridgehead atoms. The van der Waals surface area contributed by atoms with Crippen LogP contribution in [0.15, 0.2) is 47.4 Å². The van der Waals surface area contributed by atoms with Crippen LogP contribution in [0.2, 0.25) is 5.02 Å². The molecule has 0 aliphatic carbocycles. The highest BCUT2D eigenvalue weighted by atomic mass is 35.5. The molecule has 0 unspecified atom stereocenters. The first-order chi connectivity index (χ1) is 8.69. The van der Waals surface area contributed by atoms with E-state index < -0.39 is 0 Å². The van der Waals surface area contributed by atoms with Crippen molar-refractivity contribution in [1.82, 2.24) is 0 Å². The minimum absolute atomic E-state index is 0.255. The van der Waals surface area contributed by atoms with Gasteiger partial charge in [0.2, 0.25) is 0 Å². The summed E-state index contributed by atoms with van der Waals surface area (Å²) < 4.78 is 0. The fourth-order valence-corrected chi connectivity index (χ4v) is 2.75. The molecule has 0 fully saturated rings. The van der Waals surface area contributed by atoms with E-state index in [0.29, 0.717) is 16.3 Å². The monoisotopic (exact) mass is 275 g/mol. The number of aromatic hydroxyl groups is 1. The van der Waals surface area contributed by atoms with Crippen molar-refractivity contribution in [1.29, 1.82) is 5.26 Å². The third-order valence-electron chi connectivity index (χ3n) is 2.39. The van der Waals surface area contributed by atoms with Gasteiger partial charge in [0.1, 0.15) is 5.75 Å². The van der Waals surface area contributed by atoms with E-state index in [9.17, 15) is 5.11 Å². The molecule has 0 radical (unpaired) electrons. The van der Waals surface area contributed by atoms with E-state index >= 15 is 0 Å². The predicted octanol–water partition coefficient (Wildman–Crippen LogP) is 4.21. The quantitative estimate of drug-likeness (QED) is 0.854. The number of halogens is 1. The molecule has 18 heavy (non-hydrogen) atoms. The van der Waals surface area contributed by atoms with Crippen LogP contribution in [0.25, 0.3) is 0 Å². The molecular weight excluding hydrogens is 266 g/mol. The van der Waals surface area contributed by atoms with Gasteiger partial charge in [0.15, 0.2) is 0 Å². The van der Waals surface area contributed by atoms with E-state index in [-0.39, 0.29) is 5.75 Å². The summed E-state index contributed by atoms with van der Waals surface area (Å²) in [6.45, 7) is 0. The molecule has 0 spiro atoms. The van der Waals surface area contributed by atoms with Crippen LogP contribution >= 0.6 is 23.4 Å². The first-order valence-corrected chi connectivity index (χ1v) is 6.66. The van der Waals surface area contributed by atoms with Gasteiger partial charge in [-0.2, -0.15) is 5.26 Å². The molecule has 2 aromatic rings. The zero-order valence-corrected chi connectivity index (χ0v) is 11.0. The van der Waals surface area contributed by atoms with Gasteiger partial charge in [-0.05, 0) is 35.9 Å². The van der Waals surface area contributed by atoms with Crippen molar-refractivity contribution >= 4 is 23.4 Å². The Morgan fingerprint density at radius 2 is 2.06 bits per heavy atom. The van der Waals surface area contributed by atoms with E-state index in [1.807, 2.05) is 12.1 Å². The minimum atomic E-state index is 0.255. The first kappa shape index (κ1) is 12.8. The average Bonchev–Trinajstić information content (AvgIpc) is 2.37. The number of hydrogen-bond acceptors (Lipinski definition) is 3. The molecule has 0 aliphatic rings. The molecule has 0 atom stereocenters. The fraction of sp³-hybridized carbons (Fsp3) is 0.0714. The number of benzene rings is 2. The van der Waals surface area contributed by atoms with Gasteiger partial charge in [0, 0.05) is 15.7 Å². The molecule has 2 aromatic carbocycles. The zero-order chi connectivity index (χ0) is 13.0. The standard InChI is InChI=1S/C14H10ClNOS/c15-14-6-10(8-16)4-5-11(14)9-18-13-3-1-2-12(17)7-13/h1-7,17H,9H2. The summed E-state index contributed by atoms with van der Waals surface area (Å²) >= 11 is 7.68. The Labute approximate surface area is 115 Å². The molecule has 90 valence electrons. The maximum absolute atomic E-state index is 9.36. The van der Waals surface area contributed by atoms with Crippen LogP contribution in [-0.2, 0) is 5.75 Å². The van der Waals surface area contributed by atoms with Crippen molar-refractivity contribution < 1.29 is 5.11 Å². The Bertz CT molecular complexity index is 607. The average molecular weight is 276 g/mol. The first-order valence-electron chi connectivity index (χ1n) is 5.29. The molecular formula is C14H10ClNOS. The van der Waals surface area contributed by atoms with Gasteiger partial charge in [-0.1, -0.05) is 23.7 Å². The van der Waals surface area contributed by atoms with E-state index in [0.717, 1.165) is 10.5 Å². The van der Waals surface area contributed by atoms with Crippen molar-refractivity contribution in [3.05, 3.63) is 58.6 Å². The maximum atomic E-state index is 9.36. The van der Waals surface area contributed by atoms with Crippen LogP contribution in [0.4, 0.5) is 0 Å². The van der Waals surface area contributed by atoms with E-state index in [2.05, 4.69) is 6.07 Å². The van der Waals surface area contributed by atoms with E-state index in [1.165, 1.54) is 0 Å². The van der Waals surface area contributed by atoms with Gasteiger partial charge >= 0.3 is 0 Å². The number of thioether (sulfide) groups is 1. The Balaban J connectivity index is 2.09. The Morgan fingerprint density at radius 1 is 1.22 bits per heavy atom. The topological polar surface area (TPSA) is 44.0 Å². The van der Waals surface area contributed by atoms with Gasteiger partial charge in [0.05, 0.1) is 11.6 Å². The van der Waals surface area contributed by atoms with Crippen molar-refractivity contribution in [2.45, 2.75) is 10.6 Å². The van der Waals surface area contributed by atoms with Gasteiger partial charge < -0.3 is 5.11 Å². The highest BCUT2D eigenvalue weighted by Crippen LogP contribution is 2.28. The van der Waals surface area contributed by atoms with Gasteiger partial charge in [-0.15, -0.1) is 11.8 Å². The molecule has 0 amide bonds. The summed E-state index contributed by atoms with van der Waals surface area (Å²) in [5, 5.41) is 18.7. The summed E-state index contributed by atoms with van der Waals surface area (Å²) in [6, 6.07) is 14.4. The third kappa shape index (κ3) is 3.19. The summed E-state index contributed by atoms with van der Waals surface area (Å²) in [5.41, 5.74) is 1.54. The number of nitriles is 1. The SMILES string of the molecule is N#Cc1ccc(CSc2cccc(O)c2)c(Cl)c1. The number of nitrogens with zero attached hydrogens (tertiary/aromatic N) is 1. The number of phenols is 1. The summed E-state index contributed by atoms with van der Waals surface area (Å²) in [4.78, 5) is 0.982. The smallest absolute Gasteiger partial charge is 0.116 e. The van der Waals surface area contributed by atoms with Crippen LogP contribution in [-0.4, -0.2) is 5.11 Å². The second-order valence-corrected chi connectivity index (χ2v) is 5.16. The molecule has 0 saturated carbocycles. The van der Waals surface area contributed by atoms with Crippen molar-refractivity contribution in [2.24, 2.45) is 0 Å². The molecule has 0 aliphatic heterocycles. The van der Waals surface area contributed by atoms with E-state index in [4.69, 9.17) is 16.9 Å². The summed E-state index contributed by atoms with van der Waals surface area (Å²) in [5.74, 6) is 0.958. The maximum Gasteiger partial charge on any atom is 0.116 e. The van der Waals surface area contributed by atoms with Crippen LogP contribution in [0.3, 0.4) is 0 Å². The van der Waals surface area contributed by atoms with Crippen molar-refractivity contribution in [3.8, 4) is 11.8 Å². The Morgan fingerprint density at radius 3 is 2.72 bits per heavy atom. The fourth-order valence-electron chi connectivity index (χ4n) is 1.47. The minimum Gasteiger partial charge on any atom is -0.508 e. The molecule has 1 N–H and O–H groups in total. The van der Waals surface area contributed by atoms with Crippen molar-refractivity contribution in [2.75, 3.05) is 0 Å². The highest BCUT2D eigenvalue weighted by Gasteiger charge is 2.03. The predicted molar refractivity (Wildman–Crippen MR) is 73.8 cm³/mol. The molecule has 0 aromatic heterocycles. The third-order valence-corrected chi connectivity index (χ3v) is 3.79. The van der Waals surface area contributed by atoms with Gasteiger partial charge in [-0.3, -0.25) is 0 Å². The van der Waals surface area contributed by atoms with Crippen LogP contribution in [0, 0.1) is 11.3 Å². The van der Waals surface area contributed by atoms with Crippen molar-refractivity contribution in [3.63, 3.8) is 0 Å². The molecule has 4 heteroatoms. The summed E-state index contributed by atoms with van der Waals surface area (Å²) in [6.07, 6.45) is 0. The summed E-state index contributed by atoms with van der Waals surface area (Å²) in [7, 11) is 0. The van der Waals surface area contributed by atoms with Gasteiger partial charge in [0.25, 0.3) is 0 Å². The Hall–Kier alpha value is -1.63. The lowest BCUT2D eigenvalue weighted by atomic mass is 10.2. The lowest BCUT2D eigenvalue weighted by molar-refractivity contribution is 0.474. The zero-order valence-electron chi connectivity index (χ0n) is 9.43. The second-order valence-electron chi connectivity index (χ2n) is 3.70. The number of hydrogen-bond donors (Lipinski definition) is 1.